The molecule has 0 fully saturated rings. The Bertz CT molecular complexity index is 431. The van der Waals surface area contributed by atoms with E-state index in [1.807, 2.05) is 13.8 Å². The number of hydrogen-bond acceptors (Lipinski definition) is 4. The predicted molar refractivity (Wildman–Crippen MR) is 66.7 cm³/mol. The fourth-order valence-corrected chi connectivity index (χ4v) is 1.90. The highest BCUT2D eigenvalue weighted by Crippen LogP contribution is 2.27. The summed E-state index contributed by atoms with van der Waals surface area (Å²) in [5, 5.41) is 0. The van der Waals surface area contributed by atoms with E-state index in [2.05, 4.69) is 4.99 Å². The maximum atomic E-state index is 12.9. The molecule has 2 atom stereocenters. The van der Waals surface area contributed by atoms with Crippen molar-refractivity contribution in [2.24, 2.45) is 10.7 Å². The van der Waals surface area contributed by atoms with Gasteiger partial charge in [0.1, 0.15) is 24.6 Å². The molecule has 1 unspecified atom stereocenters. The van der Waals surface area contributed by atoms with Gasteiger partial charge in [-0.1, -0.05) is 12.1 Å². The lowest BCUT2D eigenvalue weighted by molar-refractivity contribution is -0.0118. The van der Waals surface area contributed by atoms with Gasteiger partial charge in [0.2, 0.25) is 0 Å². The monoisotopic (exact) mass is 252 g/mol. The highest BCUT2D eigenvalue weighted by atomic mass is 19.1. The van der Waals surface area contributed by atoms with Gasteiger partial charge < -0.3 is 15.2 Å². The fourth-order valence-electron chi connectivity index (χ4n) is 1.90. The third-order valence-electron chi connectivity index (χ3n) is 2.66. The Hall–Kier alpha value is -1.62. The van der Waals surface area contributed by atoms with Crippen LogP contribution in [0.1, 0.15) is 25.5 Å². The summed E-state index contributed by atoms with van der Waals surface area (Å²) >= 11 is 0. The van der Waals surface area contributed by atoms with Crippen LogP contribution in [-0.2, 0) is 9.47 Å². The molecule has 0 amide bonds. The minimum absolute atomic E-state index is 0.0390. The van der Waals surface area contributed by atoms with Gasteiger partial charge in [-0.15, -0.1) is 0 Å². The van der Waals surface area contributed by atoms with Gasteiger partial charge in [-0.2, -0.15) is 0 Å². The molecule has 5 heteroatoms. The summed E-state index contributed by atoms with van der Waals surface area (Å²) in [5.74, 6) is -0.271. The summed E-state index contributed by atoms with van der Waals surface area (Å²) in [6, 6.07) is 6.22. The average molecular weight is 252 g/mol. The Morgan fingerprint density at radius 3 is 2.56 bits per heavy atom. The first-order valence-electron chi connectivity index (χ1n) is 5.93. The Labute approximate surface area is 106 Å². The van der Waals surface area contributed by atoms with Crippen LogP contribution in [-0.4, -0.2) is 24.8 Å². The maximum absolute atomic E-state index is 12.9. The Kier molecular flexibility index (Phi) is 3.81. The van der Waals surface area contributed by atoms with E-state index < -0.39 is 0 Å². The summed E-state index contributed by atoms with van der Waals surface area (Å²) in [6.45, 7) is 4.28. The highest BCUT2D eigenvalue weighted by molar-refractivity contribution is 5.73. The van der Waals surface area contributed by atoms with Crippen LogP contribution in [0.25, 0.3) is 0 Å². The lowest BCUT2D eigenvalue weighted by Gasteiger charge is -2.23. The molecule has 0 bridgehead atoms. The molecule has 1 aliphatic heterocycles. The lowest BCUT2D eigenvalue weighted by atomic mass is 10.0. The Morgan fingerprint density at radius 2 is 2.06 bits per heavy atom. The van der Waals surface area contributed by atoms with Crippen LogP contribution < -0.4 is 5.73 Å². The van der Waals surface area contributed by atoms with Crippen LogP contribution in [0.5, 0.6) is 0 Å². The van der Waals surface area contributed by atoms with Crippen molar-refractivity contribution < 1.29 is 13.9 Å². The molecule has 2 rings (SSSR count). The van der Waals surface area contributed by atoms with E-state index in [0.717, 1.165) is 5.56 Å². The second-order valence-electron chi connectivity index (χ2n) is 4.50. The van der Waals surface area contributed by atoms with Crippen LogP contribution in [0, 0.1) is 5.82 Å². The van der Waals surface area contributed by atoms with Crippen LogP contribution in [0.15, 0.2) is 29.3 Å². The first kappa shape index (κ1) is 12.8. The zero-order valence-corrected chi connectivity index (χ0v) is 10.5. The number of benzene rings is 1. The van der Waals surface area contributed by atoms with E-state index in [0.29, 0.717) is 6.61 Å². The molecule has 1 heterocycles. The molecular formula is C13H17FN2O2. The number of hydrogen-bond donors (Lipinski definition) is 1. The number of aliphatic imine (C=N–C) groups is 1. The molecule has 1 aromatic carbocycles. The van der Waals surface area contributed by atoms with Crippen LogP contribution >= 0.6 is 0 Å². The molecule has 0 saturated carbocycles. The van der Waals surface area contributed by atoms with Gasteiger partial charge in [-0.3, -0.25) is 0 Å². The van der Waals surface area contributed by atoms with Crippen LogP contribution in [0.4, 0.5) is 4.39 Å². The summed E-state index contributed by atoms with van der Waals surface area (Å²) < 4.78 is 23.9. The van der Waals surface area contributed by atoms with Crippen molar-refractivity contribution in [2.75, 3.05) is 6.61 Å². The van der Waals surface area contributed by atoms with Crippen molar-refractivity contribution in [1.29, 1.82) is 0 Å². The average Bonchev–Trinajstić information content (AvgIpc) is 2.74. The summed E-state index contributed by atoms with van der Waals surface area (Å²) in [5.41, 5.74) is 6.38. The fraction of sp³-hybridized carbons (Fsp3) is 0.462. The smallest absolute Gasteiger partial charge is 0.282 e. The lowest BCUT2D eigenvalue weighted by Crippen LogP contribution is -2.24. The zero-order valence-electron chi connectivity index (χ0n) is 10.5. The number of amidine groups is 1. The van der Waals surface area contributed by atoms with Gasteiger partial charge in [-0.25, -0.2) is 9.38 Å². The molecule has 0 radical (unpaired) electrons. The molecule has 2 N–H and O–H groups in total. The van der Waals surface area contributed by atoms with E-state index in [-0.39, 0.29) is 30.1 Å². The number of nitrogens with two attached hydrogens (primary N) is 1. The van der Waals surface area contributed by atoms with Gasteiger partial charge in [0.05, 0.1) is 6.10 Å². The molecule has 0 aliphatic carbocycles. The first-order valence-corrected chi connectivity index (χ1v) is 5.93. The topological polar surface area (TPSA) is 56.8 Å². The van der Waals surface area contributed by atoms with Crippen molar-refractivity contribution in [2.45, 2.75) is 32.1 Å². The molecule has 1 aromatic rings. The third-order valence-corrected chi connectivity index (χ3v) is 2.66. The van der Waals surface area contributed by atoms with Crippen LogP contribution in [0.2, 0.25) is 0 Å². The standard InChI is InChI=1S/C13H17FN2O2/c1-8(2)18-12(11-7-17-13(15)16-11)9-3-5-10(14)6-4-9/h3-6,8,11-12H,7H2,1-2H3,(H2,15,16)/t11-,12?/m0/s1. The molecule has 0 aromatic heterocycles. The third kappa shape index (κ3) is 2.98. The van der Waals surface area contributed by atoms with Crippen molar-refractivity contribution in [3.63, 3.8) is 0 Å². The zero-order chi connectivity index (χ0) is 13.1. The Balaban J connectivity index is 2.22. The minimum atomic E-state index is -0.272. The number of rotatable bonds is 4. The summed E-state index contributed by atoms with van der Waals surface area (Å²) in [7, 11) is 0. The largest absolute Gasteiger partial charge is 0.463 e. The molecule has 0 saturated heterocycles. The highest BCUT2D eigenvalue weighted by Gasteiger charge is 2.29. The van der Waals surface area contributed by atoms with Gasteiger partial charge >= 0.3 is 0 Å². The van der Waals surface area contributed by atoms with E-state index >= 15 is 0 Å². The number of halogens is 1. The van der Waals surface area contributed by atoms with E-state index in [4.69, 9.17) is 15.2 Å². The quantitative estimate of drug-likeness (QED) is 0.891. The Morgan fingerprint density at radius 1 is 1.39 bits per heavy atom. The molecular weight excluding hydrogens is 235 g/mol. The van der Waals surface area contributed by atoms with Gasteiger partial charge in [0.25, 0.3) is 6.02 Å². The van der Waals surface area contributed by atoms with Crippen LogP contribution in [0.3, 0.4) is 0 Å². The first-order chi connectivity index (χ1) is 8.56. The normalized spacial score (nSPS) is 20.7. The number of ether oxygens (including phenoxy) is 2. The van der Waals surface area contributed by atoms with Gasteiger partial charge in [-0.05, 0) is 31.5 Å². The number of nitrogens with zero attached hydrogens (tertiary/aromatic N) is 1. The molecule has 4 nitrogen and oxygen atoms in total. The predicted octanol–water partition coefficient (Wildman–Crippen LogP) is 2.01. The molecule has 1 aliphatic rings. The van der Waals surface area contributed by atoms with E-state index in [9.17, 15) is 4.39 Å². The van der Waals surface area contributed by atoms with Crippen molar-refractivity contribution in [3.8, 4) is 0 Å². The van der Waals surface area contributed by atoms with Crippen molar-refractivity contribution in [1.82, 2.24) is 0 Å². The maximum Gasteiger partial charge on any atom is 0.282 e. The molecule has 98 valence electrons. The SMILES string of the molecule is CC(C)OC(c1ccc(F)cc1)[C@@H]1COC(N)=N1. The summed E-state index contributed by atoms with van der Waals surface area (Å²) in [4.78, 5) is 4.19. The van der Waals surface area contributed by atoms with Gasteiger partial charge in [0.15, 0.2) is 0 Å². The van der Waals surface area contributed by atoms with E-state index in [1.165, 1.54) is 12.1 Å². The molecule has 18 heavy (non-hydrogen) atoms. The minimum Gasteiger partial charge on any atom is -0.463 e. The second kappa shape index (κ2) is 5.35. The van der Waals surface area contributed by atoms with Crippen molar-refractivity contribution in [3.05, 3.63) is 35.6 Å². The van der Waals surface area contributed by atoms with Gasteiger partial charge in [0, 0.05) is 0 Å². The molecule has 0 spiro atoms. The second-order valence-corrected chi connectivity index (χ2v) is 4.50. The van der Waals surface area contributed by atoms with Crippen molar-refractivity contribution >= 4 is 6.02 Å². The van der Waals surface area contributed by atoms with E-state index in [1.54, 1.807) is 12.1 Å². The summed E-state index contributed by atoms with van der Waals surface area (Å²) in [6.07, 6.45) is -0.233.